The monoisotopic (exact) mass is 396 g/mol. The number of primary amides is 1. The van der Waals surface area contributed by atoms with E-state index in [4.69, 9.17) is 11.5 Å². The summed E-state index contributed by atoms with van der Waals surface area (Å²) in [6, 6.07) is 7.38. The molecule has 0 saturated carbocycles. The van der Waals surface area contributed by atoms with Crippen LogP contribution in [0.15, 0.2) is 24.3 Å². The lowest BCUT2D eigenvalue weighted by Gasteiger charge is -2.35. The van der Waals surface area contributed by atoms with Crippen molar-refractivity contribution in [3.05, 3.63) is 29.8 Å². The van der Waals surface area contributed by atoms with Crippen LogP contribution in [0.3, 0.4) is 0 Å². The summed E-state index contributed by atoms with van der Waals surface area (Å²) < 4.78 is 0. The average molecular weight is 396 g/mol. The molecule has 4 atom stereocenters. The molecule has 9 nitrogen and oxygen atoms in total. The molecule has 0 aromatic heterocycles. The lowest BCUT2D eigenvalue weighted by atomic mass is 10.1. The summed E-state index contributed by atoms with van der Waals surface area (Å²) in [5.41, 5.74) is 12.5. The van der Waals surface area contributed by atoms with Crippen molar-refractivity contribution in [2.24, 2.45) is 11.5 Å². The topological polar surface area (TPSA) is 137 Å². The number of fused-ring (bicyclic) bond motifs is 2. The van der Waals surface area contributed by atoms with Crippen molar-refractivity contribution in [2.45, 2.75) is 43.4 Å². The van der Waals surface area contributed by atoms with E-state index in [-0.39, 0.29) is 30.4 Å². The summed E-state index contributed by atoms with van der Waals surface area (Å²) >= 11 is 0. The highest BCUT2D eigenvalue weighted by molar-refractivity contribution is 6.02. The predicted octanol–water partition coefficient (Wildman–Crippen LogP) is -0.583. The van der Waals surface area contributed by atoms with Crippen LogP contribution in [0.4, 0.5) is 5.69 Å². The minimum absolute atomic E-state index is 0.0310. The third-order valence-electron chi connectivity index (χ3n) is 6.11. The Bertz CT molecular complexity index is 896. The predicted molar refractivity (Wildman–Crippen MR) is 105 cm³/mol. The average Bonchev–Trinajstić information content (AvgIpc) is 3.41. The van der Waals surface area contributed by atoms with Crippen LogP contribution < -0.4 is 16.4 Å². The van der Waals surface area contributed by atoms with Crippen molar-refractivity contribution >= 4 is 23.4 Å². The Kier molecular flexibility index (Phi) is 4.98. The van der Waals surface area contributed by atoms with Gasteiger partial charge in [-0.15, -0.1) is 0 Å². The Morgan fingerprint density at radius 1 is 1.34 bits per heavy atom. The first-order valence-corrected chi connectivity index (χ1v) is 9.83. The van der Waals surface area contributed by atoms with E-state index in [0.717, 1.165) is 6.42 Å². The molecule has 3 fully saturated rings. The van der Waals surface area contributed by atoms with E-state index < -0.39 is 18.0 Å². The smallest absolute Gasteiger partial charge is 0.248 e. The van der Waals surface area contributed by atoms with Gasteiger partial charge in [0.15, 0.2) is 0 Å². The molecule has 29 heavy (non-hydrogen) atoms. The standard InChI is InChI=1S/C20H24N6O3/c21-9-14-5-2-6-25(14)19(28)16(22)11-24-10-15-8-17(24)20(29)26(15)13-4-1-3-12(7-13)18(23)27/h1,3-4,7,14-17H,2,5-6,8,10-11,22H2,(H2,23,27)/t14-,15+,16-,17+/m0/s1. The van der Waals surface area contributed by atoms with E-state index in [1.807, 2.05) is 4.90 Å². The second kappa shape index (κ2) is 7.46. The minimum atomic E-state index is -0.761. The van der Waals surface area contributed by atoms with E-state index in [1.165, 1.54) is 0 Å². The quantitative estimate of drug-likeness (QED) is 0.683. The van der Waals surface area contributed by atoms with Crippen molar-refractivity contribution in [1.29, 1.82) is 5.26 Å². The van der Waals surface area contributed by atoms with Gasteiger partial charge in [-0.3, -0.25) is 19.3 Å². The van der Waals surface area contributed by atoms with Crippen molar-refractivity contribution < 1.29 is 14.4 Å². The molecule has 4 rings (SSSR count). The molecule has 0 radical (unpaired) electrons. The molecular weight excluding hydrogens is 372 g/mol. The first-order valence-electron chi connectivity index (χ1n) is 9.83. The second-order valence-corrected chi connectivity index (χ2v) is 7.91. The number of nitrogens with two attached hydrogens (primary N) is 2. The van der Waals surface area contributed by atoms with Gasteiger partial charge in [0.2, 0.25) is 17.7 Å². The number of carbonyl (C=O) groups excluding carboxylic acids is 3. The lowest BCUT2D eigenvalue weighted by Crippen LogP contribution is -2.56. The van der Waals surface area contributed by atoms with Crippen LogP contribution in [0.1, 0.15) is 29.6 Å². The van der Waals surface area contributed by atoms with Gasteiger partial charge >= 0.3 is 0 Å². The van der Waals surface area contributed by atoms with Gasteiger partial charge in [0.1, 0.15) is 6.04 Å². The number of hydrogen-bond acceptors (Lipinski definition) is 6. The molecule has 3 saturated heterocycles. The van der Waals surface area contributed by atoms with Crippen molar-refractivity contribution in [1.82, 2.24) is 9.80 Å². The van der Waals surface area contributed by atoms with Gasteiger partial charge < -0.3 is 21.3 Å². The molecule has 1 aromatic carbocycles. The van der Waals surface area contributed by atoms with Crippen molar-refractivity contribution in [2.75, 3.05) is 24.5 Å². The van der Waals surface area contributed by atoms with Crippen LogP contribution in [0.25, 0.3) is 0 Å². The molecule has 152 valence electrons. The SMILES string of the molecule is N#C[C@@H]1CCCN1C(=O)[C@@H](N)CN1C[C@H]2C[C@@H]1C(=O)N2c1cccc(C(N)=O)c1. The van der Waals surface area contributed by atoms with E-state index in [9.17, 15) is 19.6 Å². The van der Waals surface area contributed by atoms with Gasteiger partial charge in [0.25, 0.3) is 0 Å². The number of anilines is 1. The van der Waals surface area contributed by atoms with Crippen LogP contribution in [-0.4, -0.2) is 71.3 Å². The van der Waals surface area contributed by atoms with E-state index >= 15 is 0 Å². The maximum atomic E-state index is 13.0. The number of carbonyl (C=O) groups is 3. The number of nitriles is 1. The molecule has 4 N–H and O–H groups in total. The number of rotatable bonds is 5. The van der Waals surface area contributed by atoms with E-state index in [0.29, 0.717) is 37.2 Å². The number of benzene rings is 1. The second-order valence-electron chi connectivity index (χ2n) is 7.91. The van der Waals surface area contributed by atoms with Crippen molar-refractivity contribution in [3.8, 4) is 6.07 Å². The maximum Gasteiger partial charge on any atom is 0.248 e. The van der Waals surface area contributed by atoms with Crippen LogP contribution in [0, 0.1) is 11.3 Å². The van der Waals surface area contributed by atoms with Gasteiger partial charge in [-0.1, -0.05) is 6.07 Å². The zero-order valence-corrected chi connectivity index (χ0v) is 16.0. The molecule has 0 unspecified atom stereocenters. The van der Waals surface area contributed by atoms with Crippen LogP contribution in [0.5, 0.6) is 0 Å². The third-order valence-corrected chi connectivity index (χ3v) is 6.11. The summed E-state index contributed by atoms with van der Waals surface area (Å²) in [5, 5.41) is 9.19. The summed E-state index contributed by atoms with van der Waals surface area (Å²) in [7, 11) is 0. The molecule has 3 heterocycles. The molecule has 2 bridgehead atoms. The van der Waals surface area contributed by atoms with Gasteiger partial charge in [-0.25, -0.2) is 0 Å². The number of piperazine rings is 1. The van der Waals surface area contributed by atoms with Crippen molar-refractivity contribution in [3.63, 3.8) is 0 Å². The highest BCUT2D eigenvalue weighted by Gasteiger charge is 2.50. The van der Waals surface area contributed by atoms with Gasteiger partial charge in [-0.05, 0) is 37.5 Å². The fourth-order valence-electron chi connectivity index (χ4n) is 4.72. The summed E-state index contributed by atoms with van der Waals surface area (Å²) in [6.07, 6.45) is 2.15. The Morgan fingerprint density at radius 2 is 2.14 bits per heavy atom. The number of nitrogens with zero attached hydrogens (tertiary/aromatic N) is 4. The molecule has 3 amide bonds. The molecule has 9 heteroatoms. The molecule has 1 aromatic rings. The normalized spacial score (nSPS) is 27.3. The number of hydrogen-bond donors (Lipinski definition) is 2. The van der Waals surface area contributed by atoms with Gasteiger partial charge in [0, 0.05) is 30.9 Å². The molecule has 3 aliphatic heterocycles. The van der Waals surface area contributed by atoms with Crippen LogP contribution in [-0.2, 0) is 9.59 Å². The summed E-state index contributed by atoms with van der Waals surface area (Å²) in [6.45, 7) is 1.45. The summed E-state index contributed by atoms with van der Waals surface area (Å²) in [4.78, 5) is 42.3. The minimum Gasteiger partial charge on any atom is -0.366 e. The first-order chi connectivity index (χ1) is 13.9. The molecule has 3 aliphatic rings. The maximum absolute atomic E-state index is 13.0. The highest BCUT2D eigenvalue weighted by atomic mass is 16.2. The Hall–Kier alpha value is -2.96. The van der Waals surface area contributed by atoms with E-state index in [1.54, 1.807) is 34.1 Å². The number of amides is 3. The largest absolute Gasteiger partial charge is 0.366 e. The zero-order chi connectivity index (χ0) is 20.7. The van der Waals surface area contributed by atoms with Crippen LogP contribution in [0.2, 0.25) is 0 Å². The lowest BCUT2D eigenvalue weighted by molar-refractivity contribution is -0.134. The zero-order valence-electron chi connectivity index (χ0n) is 16.0. The summed E-state index contributed by atoms with van der Waals surface area (Å²) in [5.74, 6) is -0.818. The number of likely N-dealkylation sites (tertiary alicyclic amines) is 2. The molecule has 0 spiro atoms. The van der Waals surface area contributed by atoms with Gasteiger partial charge in [-0.2, -0.15) is 5.26 Å². The molecule has 0 aliphatic carbocycles. The fourth-order valence-corrected chi connectivity index (χ4v) is 4.72. The molecular formula is C20H24N6O3. The Balaban J connectivity index is 1.42. The fraction of sp³-hybridized carbons (Fsp3) is 0.500. The van der Waals surface area contributed by atoms with Gasteiger partial charge in [0.05, 0.1) is 24.2 Å². The van der Waals surface area contributed by atoms with E-state index in [2.05, 4.69) is 6.07 Å². The Morgan fingerprint density at radius 3 is 2.83 bits per heavy atom. The Labute approximate surface area is 168 Å². The highest BCUT2D eigenvalue weighted by Crippen LogP contribution is 2.36. The third kappa shape index (κ3) is 3.34. The first kappa shape index (κ1) is 19.4. The van der Waals surface area contributed by atoms with Crippen LogP contribution >= 0.6 is 0 Å².